The molecule has 100 valence electrons. The molecule has 0 fully saturated rings. The first-order valence-electron chi connectivity index (χ1n) is 5.60. The minimum Gasteiger partial charge on any atom is -0.502 e. The number of imide groups is 1. The highest BCUT2D eigenvalue weighted by molar-refractivity contribution is 6.34. The van der Waals surface area contributed by atoms with Gasteiger partial charge >= 0.3 is 0 Å². The molecule has 1 aromatic carbocycles. The number of hydrogen-bond donors (Lipinski definition) is 1. The van der Waals surface area contributed by atoms with Crippen LogP contribution in [0.25, 0.3) is 5.57 Å². The minimum atomic E-state index is -0.763. The number of carbonyl (C=O) groups excluding carboxylic acids is 2. The zero-order chi connectivity index (χ0) is 14.0. The van der Waals surface area contributed by atoms with Crippen LogP contribution >= 0.6 is 0 Å². The maximum absolute atomic E-state index is 12.8. The van der Waals surface area contributed by atoms with Gasteiger partial charge in [0.05, 0.1) is 18.7 Å². The summed E-state index contributed by atoms with van der Waals surface area (Å²) in [4.78, 5) is 24.7. The summed E-state index contributed by atoms with van der Waals surface area (Å²) in [6, 6.07) is 4.99. The zero-order valence-corrected chi connectivity index (χ0v) is 10.2. The Morgan fingerprint density at radius 2 is 1.84 bits per heavy atom. The molecule has 2 rings (SSSR count). The zero-order valence-electron chi connectivity index (χ0n) is 10.2. The second-order valence-corrected chi connectivity index (χ2v) is 3.99. The van der Waals surface area contributed by atoms with Crippen molar-refractivity contribution in [2.75, 3.05) is 20.3 Å². The smallest absolute Gasteiger partial charge is 0.296 e. The summed E-state index contributed by atoms with van der Waals surface area (Å²) >= 11 is 0. The molecule has 1 N–H and O–H groups in total. The standard InChI is InChI=1S/C13H12FNO4/c1-19-7-6-15-12(17)10(11(16)13(15)18)8-2-4-9(14)5-3-8/h2-5,16H,6-7H2,1H3. The maximum atomic E-state index is 12.8. The number of aliphatic hydroxyl groups is 1. The van der Waals surface area contributed by atoms with Crippen LogP contribution in [0.15, 0.2) is 30.0 Å². The second-order valence-electron chi connectivity index (χ2n) is 3.99. The lowest BCUT2D eigenvalue weighted by molar-refractivity contribution is -0.138. The Labute approximate surface area is 108 Å². The van der Waals surface area contributed by atoms with E-state index >= 15 is 0 Å². The third kappa shape index (κ3) is 2.34. The quantitative estimate of drug-likeness (QED) is 0.828. The number of rotatable bonds is 4. The van der Waals surface area contributed by atoms with E-state index in [1.54, 1.807) is 0 Å². The molecule has 0 spiro atoms. The van der Waals surface area contributed by atoms with E-state index in [4.69, 9.17) is 4.74 Å². The number of benzene rings is 1. The van der Waals surface area contributed by atoms with Gasteiger partial charge in [0.15, 0.2) is 5.76 Å². The van der Waals surface area contributed by atoms with Crippen LogP contribution < -0.4 is 0 Å². The lowest BCUT2D eigenvalue weighted by Crippen LogP contribution is -2.34. The summed E-state index contributed by atoms with van der Waals surface area (Å²) < 4.78 is 17.6. The van der Waals surface area contributed by atoms with Crippen molar-refractivity contribution in [2.24, 2.45) is 0 Å². The van der Waals surface area contributed by atoms with E-state index < -0.39 is 23.4 Å². The molecule has 0 aromatic heterocycles. The van der Waals surface area contributed by atoms with E-state index in [0.717, 1.165) is 17.0 Å². The van der Waals surface area contributed by atoms with E-state index in [0.29, 0.717) is 5.56 Å². The maximum Gasteiger partial charge on any atom is 0.296 e. The fourth-order valence-electron chi connectivity index (χ4n) is 1.83. The van der Waals surface area contributed by atoms with Crippen LogP contribution in [0, 0.1) is 5.82 Å². The van der Waals surface area contributed by atoms with Gasteiger partial charge in [-0.15, -0.1) is 0 Å². The summed E-state index contributed by atoms with van der Waals surface area (Å²) in [5, 5.41) is 9.75. The molecule has 0 aliphatic carbocycles. The molecular formula is C13H12FNO4. The van der Waals surface area contributed by atoms with Gasteiger partial charge in [-0.25, -0.2) is 4.39 Å². The number of methoxy groups -OCH3 is 1. The van der Waals surface area contributed by atoms with Gasteiger partial charge in [0.1, 0.15) is 5.82 Å². The Hall–Kier alpha value is -2.21. The molecule has 0 unspecified atom stereocenters. The highest BCUT2D eigenvalue weighted by Gasteiger charge is 2.38. The molecule has 6 heteroatoms. The lowest BCUT2D eigenvalue weighted by atomic mass is 10.1. The monoisotopic (exact) mass is 265 g/mol. The fraction of sp³-hybridized carbons (Fsp3) is 0.231. The molecule has 0 saturated heterocycles. The summed E-state index contributed by atoms with van der Waals surface area (Å²) in [6.45, 7) is 0.240. The molecule has 0 radical (unpaired) electrons. The number of amides is 2. The summed E-state index contributed by atoms with van der Waals surface area (Å²) in [7, 11) is 1.44. The molecule has 2 amide bonds. The van der Waals surface area contributed by atoms with Crippen LogP contribution in [-0.2, 0) is 14.3 Å². The third-order valence-corrected chi connectivity index (χ3v) is 2.80. The van der Waals surface area contributed by atoms with Crippen molar-refractivity contribution in [3.63, 3.8) is 0 Å². The van der Waals surface area contributed by atoms with Crippen molar-refractivity contribution >= 4 is 17.4 Å². The number of aliphatic hydroxyl groups excluding tert-OH is 1. The number of halogens is 1. The van der Waals surface area contributed by atoms with Crippen molar-refractivity contribution in [3.05, 3.63) is 41.4 Å². The largest absolute Gasteiger partial charge is 0.502 e. The number of hydrogen-bond acceptors (Lipinski definition) is 4. The van der Waals surface area contributed by atoms with E-state index in [2.05, 4.69) is 0 Å². The summed E-state index contributed by atoms with van der Waals surface area (Å²) in [5.74, 6) is -2.45. The average molecular weight is 265 g/mol. The summed E-state index contributed by atoms with van der Waals surface area (Å²) in [5.41, 5.74) is 0.193. The van der Waals surface area contributed by atoms with Crippen molar-refractivity contribution in [2.45, 2.75) is 0 Å². The van der Waals surface area contributed by atoms with E-state index in [9.17, 15) is 19.1 Å². The molecule has 1 heterocycles. The topological polar surface area (TPSA) is 66.8 Å². The molecule has 0 bridgehead atoms. The Morgan fingerprint density at radius 3 is 2.42 bits per heavy atom. The number of ether oxygens (including phenoxy) is 1. The van der Waals surface area contributed by atoms with E-state index in [-0.39, 0.29) is 18.7 Å². The number of carbonyl (C=O) groups is 2. The Kier molecular flexibility index (Phi) is 3.62. The predicted molar refractivity (Wildman–Crippen MR) is 64.5 cm³/mol. The van der Waals surface area contributed by atoms with Crippen molar-refractivity contribution in [3.8, 4) is 0 Å². The highest BCUT2D eigenvalue weighted by atomic mass is 19.1. The predicted octanol–water partition coefficient (Wildman–Crippen LogP) is 1.11. The molecule has 1 aliphatic heterocycles. The van der Waals surface area contributed by atoms with Crippen LogP contribution in [0.5, 0.6) is 0 Å². The van der Waals surface area contributed by atoms with E-state index in [1.165, 1.54) is 19.2 Å². The van der Waals surface area contributed by atoms with Gasteiger partial charge in [-0.1, -0.05) is 12.1 Å². The highest BCUT2D eigenvalue weighted by Crippen LogP contribution is 2.27. The van der Waals surface area contributed by atoms with Gasteiger partial charge in [0.25, 0.3) is 11.8 Å². The van der Waals surface area contributed by atoms with Gasteiger partial charge in [0, 0.05) is 7.11 Å². The van der Waals surface area contributed by atoms with Gasteiger partial charge in [-0.3, -0.25) is 14.5 Å². The Balaban J connectivity index is 2.32. The first kappa shape index (κ1) is 13.2. The lowest BCUT2D eigenvalue weighted by Gasteiger charge is -2.13. The first-order chi connectivity index (χ1) is 9.06. The minimum absolute atomic E-state index is 0.0585. The van der Waals surface area contributed by atoms with Crippen LogP contribution in [0.2, 0.25) is 0 Å². The average Bonchev–Trinajstić information content (AvgIpc) is 2.60. The van der Waals surface area contributed by atoms with Crippen LogP contribution in [-0.4, -0.2) is 42.1 Å². The van der Waals surface area contributed by atoms with Crippen molar-refractivity contribution in [1.29, 1.82) is 0 Å². The molecule has 1 aromatic rings. The normalized spacial score (nSPS) is 15.6. The molecule has 0 saturated carbocycles. The second kappa shape index (κ2) is 5.19. The van der Waals surface area contributed by atoms with Gasteiger partial charge < -0.3 is 9.84 Å². The molecule has 0 atom stereocenters. The summed E-state index contributed by atoms with van der Waals surface area (Å²) in [6.07, 6.45) is 0. The first-order valence-corrected chi connectivity index (χ1v) is 5.60. The van der Waals surface area contributed by atoms with E-state index in [1.807, 2.05) is 0 Å². The fourth-order valence-corrected chi connectivity index (χ4v) is 1.83. The van der Waals surface area contributed by atoms with Crippen molar-refractivity contribution in [1.82, 2.24) is 4.90 Å². The van der Waals surface area contributed by atoms with Crippen LogP contribution in [0.1, 0.15) is 5.56 Å². The van der Waals surface area contributed by atoms with Gasteiger partial charge in [0.2, 0.25) is 0 Å². The van der Waals surface area contributed by atoms with Gasteiger partial charge in [-0.2, -0.15) is 0 Å². The molecular weight excluding hydrogens is 253 g/mol. The SMILES string of the molecule is COCCN1C(=O)C(O)=C(c2ccc(F)cc2)C1=O. The third-order valence-electron chi connectivity index (χ3n) is 2.80. The number of nitrogens with zero attached hydrogens (tertiary/aromatic N) is 1. The Morgan fingerprint density at radius 1 is 1.21 bits per heavy atom. The molecule has 1 aliphatic rings. The van der Waals surface area contributed by atoms with Crippen LogP contribution in [0.3, 0.4) is 0 Å². The van der Waals surface area contributed by atoms with Crippen molar-refractivity contribution < 1.29 is 23.8 Å². The molecule has 5 nitrogen and oxygen atoms in total. The van der Waals surface area contributed by atoms with Gasteiger partial charge in [-0.05, 0) is 17.7 Å². The van der Waals surface area contributed by atoms with Crippen LogP contribution in [0.4, 0.5) is 4.39 Å². The Bertz CT molecular complexity index is 550. The molecule has 19 heavy (non-hydrogen) atoms.